The molecular formula is C15H23BrN2O2. The van der Waals surface area contributed by atoms with Crippen LogP contribution in [0.5, 0.6) is 5.75 Å². The van der Waals surface area contributed by atoms with E-state index in [0.717, 1.165) is 35.3 Å². The Morgan fingerprint density at radius 2 is 2.15 bits per heavy atom. The van der Waals surface area contributed by atoms with Crippen LogP contribution in [0.1, 0.15) is 25.3 Å². The number of nitrogens with zero attached hydrogens (tertiary/aromatic N) is 1. The summed E-state index contributed by atoms with van der Waals surface area (Å²) in [6.45, 7) is 4.33. The van der Waals surface area contributed by atoms with E-state index in [1.54, 1.807) is 19.0 Å². The molecule has 0 aliphatic carbocycles. The number of hydrogen-bond acceptors (Lipinski definition) is 3. The number of carbonyl (C=O) groups is 1. The number of carbonyl (C=O) groups excluding carboxylic acids is 1. The standard InChI is InChI=1S/C15H23BrN2O2/c1-4-17-11-12-10-13(16)7-8-14(12)20-9-5-6-15(19)18(2)3/h7-8,10,17H,4-6,9,11H2,1-3H3. The predicted octanol–water partition coefficient (Wildman–Crippen LogP) is 2.81. The summed E-state index contributed by atoms with van der Waals surface area (Å²) in [7, 11) is 3.54. The van der Waals surface area contributed by atoms with Gasteiger partial charge in [-0.2, -0.15) is 0 Å². The third-order valence-electron chi connectivity index (χ3n) is 2.88. The molecule has 5 heteroatoms. The molecule has 0 saturated heterocycles. The quantitative estimate of drug-likeness (QED) is 0.738. The Morgan fingerprint density at radius 1 is 1.40 bits per heavy atom. The van der Waals surface area contributed by atoms with Crippen molar-refractivity contribution in [2.75, 3.05) is 27.2 Å². The third kappa shape index (κ3) is 5.92. The van der Waals surface area contributed by atoms with Crippen molar-refractivity contribution in [3.8, 4) is 5.75 Å². The molecule has 1 N–H and O–H groups in total. The van der Waals surface area contributed by atoms with Crippen molar-refractivity contribution in [2.24, 2.45) is 0 Å². The molecule has 0 aliphatic heterocycles. The maximum atomic E-state index is 11.5. The average molecular weight is 343 g/mol. The Hall–Kier alpha value is -1.07. The summed E-state index contributed by atoms with van der Waals surface area (Å²) in [4.78, 5) is 13.1. The van der Waals surface area contributed by atoms with E-state index < -0.39 is 0 Å². The monoisotopic (exact) mass is 342 g/mol. The van der Waals surface area contributed by atoms with Crippen molar-refractivity contribution in [1.29, 1.82) is 0 Å². The van der Waals surface area contributed by atoms with Crippen molar-refractivity contribution in [3.63, 3.8) is 0 Å². The first-order valence-electron chi connectivity index (χ1n) is 6.86. The number of amides is 1. The van der Waals surface area contributed by atoms with E-state index in [2.05, 4.69) is 34.2 Å². The van der Waals surface area contributed by atoms with E-state index in [-0.39, 0.29) is 5.91 Å². The summed E-state index contributed by atoms with van der Waals surface area (Å²) in [5, 5.41) is 3.29. The summed E-state index contributed by atoms with van der Waals surface area (Å²) < 4.78 is 6.83. The predicted molar refractivity (Wildman–Crippen MR) is 84.9 cm³/mol. The first kappa shape index (κ1) is 17.0. The van der Waals surface area contributed by atoms with Crippen molar-refractivity contribution in [1.82, 2.24) is 10.2 Å². The molecule has 1 amide bonds. The second-order valence-corrected chi connectivity index (χ2v) is 5.69. The normalized spacial score (nSPS) is 10.4. The van der Waals surface area contributed by atoms with Crippen LogP contribution in [0.15, 0.2) is 22.7 Å². The fraction of sp³-hybridized carbons (Fsp3) is 0.533. The molecule has 0 saturated carbocycles. The Kier molecular flexibility index (Phi) is 7.62. The molecule has 112 valence electrons. The van der Waals surface area contributed by atoms with E-state index in [0.29, 0.717) is 13.0 Å². The Bertz CT molecular complexity index is 436. The number of hydrogen-bond donors (Lipinski definition) is 1. The fourth-order valence-corrected chi connectivity index (χ4v) is 2.12. The van der Waals surface area contributed by atoms with Gasteiger partial charge in [0.2, 0.25) is 5.91 Å². The largest absolute Gasteiger partial charge is 0.493 e. The lowest BCUT2D eigenvalue weighted by Gasteiger charge is -2.13. The topological polar surface area (TPSA) is 41.6 Å². The number of ether oxygens (including phenoxy) is 1. The molecule has 1 rings (SSSR count). The Morgan fingerprint density at radius 3 is 2.80 bits per heavy atom. The molecule has 1 aromatic rings. The van der Waals surface area contributed by atoms with Gasteiger partial charge in [0.05, 0.1) is 6.61 Å². The Balaban J connectivity index is 2.48. The van der Waals surface area contributed by atoms with Crippen molar-refractivity contribution in [3.05, 3.63) is 28.2 Å². The zero-order valence-electron chi connectivity index (χ0n) is 12.4. The van der Waals surface area contributed by atoms with Crippen LogP contribution < -0.4 is 10.1 Å². The molecule has 0 radical (unpaired) electrons. The van der Waals surface area contributed by atoms with Gasteiger partial charge in [-0.25, -0.2) is 0 Å². The molecule has 0 fully saturated rings. The number of benzene rings is 1. The average Bonchev–Trinajstić information content (AvgIpc) is 2.42. The van der Waals surface area contributed by atoms with Gasteiger partial charge >= 0.3 is 0 Å². The van der Waals surface area contributed by atoms with Gasteiger partial charge in [0.15, 0.2) is 0 Å². The first-order chi connectivity index (χ1) is 9.54. The molecule has 20 heavy (non-hydrogen) atoms. The Labute approximate surface area is 129 Å². The first-order valence-corrected chi connectivity index (χ1v) is 7.66. The lowest BCUT2D eigenvalue weighted by Crippen LogP contribution is -2.21. The summed E-state index contributed by atoms with van der Waals surface area (Å²) in [6, 6.07) is 5.99. The SMILES string of the molecule is CCNCc1cc(Br)ccc1OCCCC(=O)N(C)C. The molecule has 0 spiro atoms. The molecule has 0 bridgehead atoms. The van der Waals surface area contributed by atoms with Crippen LogP contribution in [0, 0.1) is 0 Å². The smallest absolute Gasteiger partial charge is 0.222 e. The van der Waals surface area contributed by atoms with Crippen LogP contribution in [0.2, 0.25) is 0 Å². The van der Waals surface area contributed by atoms with Gasteiger partial charge in [0, 0.05) is 37.1 Å². The van der Waals surface area contributed by atoms with Gasteiger partial charge in [-0.15, -0.1) is 0 Å². The van der Waals surface area contributed by atoms with E-state index in [9.17, 15) is 4.79 Å². The van der Waals surface area contributed by atoms with Crippen LogP contribution in [0.25, 0.3) is 0 Å². The van der Waals surface area contributed by atoms with Gasteiger partial charge in [-0.3, -0.25) is 4.79 Å². The highest BCUT2D eigenvalue weighted by molar-refractivity contribution is 9.10. The molecule has 0 aromatic heterocycles. The summed E-state index contributed by atoms with van der Waals surface area (Å²) in [6.07, 6.45) is 1.25. The molecule has 1 aromatic carbocycles. The van der Waals surface area contributed by atoms with Gasteiger partial charge in [0.1, 0.15) is 5.75 Å². The van der Waals surface area contributed by atoms with Crippen LogP contribution in [-0.4, -0.2) is 38.1 Å². The highest BCUT2D eigenvalue weighted by atomic mass is 79.9. The molecule has 0 heterocycles. The van der Waals surface area contributed by atoms with E-state index >= 15 is 0 Å². The fourth-order valence-electron chi connectivity index (χ4n) is 1.72. The van der Waals surface area contributed by atoms with Gasteiger partial charge in [-0.05, 0) is 31.2 Å². The van der Waals surface area contributed by atoms with E-state index in [1.165, 1.54) is 0 Å². The number of halogens is 1. The second kappa shape index (κ2) is 8.97. The third-order valence-corrected chi connectivity index (χ3v) is 3.37. The van der Waals surface area contributed by atoms with Crippen molar-refractivity contribution >= 4 is 21.8 Å². The lowest BCUT2D eigenvalue weighted by atomic mass is 10.2. The highest BCUT2D eigenvalue weighted by Gasteiger charge is 2.06. The van der Waals surface area contributed by atoms with Crippen LogP contribution >= 0.6 is 15.9 Å². The van der Waals surface area contributed by atoms with E-state index in [4.69, 9.17) is 4.74 Å². The van der Waals surface area contributed by atoms with Crippen molar-refractivity contribution in [2.45, 2.75) is 26.3 Å². The molecule has 0 aliphatic rings. The van der Waals surface area contributed by atoms with Crippen LogP contribution in [0.4, 0.5) is 0 Å². The van der Waals surface area contributed by atoms with Crippen LogP contribution in [-0.2, 0) is 11.3 Å². The molecule has 0 unspecified atom stereocenters. The minimum absolute atomic E-state index is 0.136. The maximum absolute atomic E-state index is 11.5. The molecule has 4 nitrogen and oxygen atoms in total. The maximum Gasteiger partial charge on any atom is 0.222 e. The molecular weight excluding hydrogens is 320 g/mol. The van der Waals surface area contributed by atoms with Crippen LogP contribution in [0.3, 0.4) is 0 Å². The van der Waals surface area contributed by atoms with Gasteiger partial charge in [0.25, 0.3) is 0 Å². The zero-order chi connectivity index (χ0) is 15.0. The van der Waals surface area contributed by atoms with E-state index in [1.807, 2.05) is 12.1 Å². The lowest BCUT2D eigenvalue weighted by molar-refractivity contribution is -0.128. The summed E-state index contributed by atoms with van der Waals surface area (Å²) >= 11 is 3.47. The second-order valence-electron chi connectivity index (χ2n) is 4.77. The minimum atomic E-state index is 0.136. The summed E-state index contributed by atoms with van der Waals surface area (Å²) in [5.41, 5.74) is 1.13. The zero-order valence-corrected chi connectivity index (χ0v) is 14.0. The van der Waals surface area contributed by atoms with Gasteiger partial charge in [-0.1, -0.05) is 22.9 Å². The summed E-state index contributed by atoms with van der Waals surface area (Å²) in [5.74, 6) is 1.02. The van der Waals surface area contributed by atoms with Gasteiger partial charge < -0.3 is 15.0 Å². The number of rotatable bonds is 8. The number of nitrogens with one attached hydrogen (secondary N) is 1. The minimum Gasteiger partial charge on any atom is -0.493 e. The van der Waals surface area contributed by atoms with Crippen molar-refractivity contribution < 1.29 is 9.53 Å². The highest BCUT2D eigenvalue weighted by Crippen LogP contribution is 2.23. The molecule has 0 atom stereocenters.